The molecule has 69 heavy (non-hydrogen) atoms. The van der Waals surface area contributed by atoms with Crippen LogP contribution in [-0.4, -0.2) is 138 Å². The van der Waals surface area contributed by atoms with Crippen molar-refractivity contribution in [3.05, 3.63) is 83.8 Å². The molecule has 0 saturated carbocycles. The van der Waals surface area contributed by atoms with Gasteiger partial charge in [0.15, 0.2) is 11.5 Å². The molecule has 4 amide bonds. The van der Waals surface area contributed by atoms with E-state index in [1.54, 1.807) is 25.2 Å². The first-order chi connectivity index (χ1) is 33.3. The van der Waals surface area contributed by atoms with Crippen LogP contribution in [0.2, 0.25) is 0 Å². The lowest BCUT2D eigenvalue weighted by molar-refractivity contribution is -0.138. The SMILES string of the molecule is CNc1cc(N2CCc3c(-c4ccc(CN5CCC(N6CCC7(CCN(c8cccc(N(C)C9CCC(=O)NC9=O)c8N(C)C=O)CC7)CC6)C(F)(F)C5)cn4)cccc32)nn2c(C(N)=O)cnc12. The molecule has 4 N–H and O–H groups in total. The van der Waals surface area contributed by atoms with Crippen LogP contribution < -0.4 is 36.0 Å². The Labute approximate surface area is 399 Å². The van der Waals surface area contributed by atoms with Gasteiger partial charge in [0, 0.05) is 83.8 Å². The number of benzene rings is 2. The van der Waals surface area contributed by atoms with Crippen LogP contribution in [0.3, 0.4) is 0 Å². The van der Waals surface area contributed by atoms with Gasteiger partial charge in [-0.3, -0.25) is 39.3 Å². The van der Waals surface area contributed by atoms with Gasteiger partial charge in [-0.2, -0.15) is 0 Å². The fourth-order valence-corrected chi connectivity index (χ4v) is 11.6. The number of anilines is 6. The van der Waals surface area contributed by atoms with Crippen LogP contribution in [0, 0.1) is 5.41 Å². The summed E-state index contributed by atoms with van der Waals surface area (Å²) in [4.78, 5) is 69.9. The first kappa shape index (κ1) is 46.0. The number of imide groups is 1. The number of alkyl halides is 2. The fourth-order valence-electron chi connectivity index (χ4n) is 11.6. The molecule has 0 bridgehead atoms. The summed E-state index contributed by atoms with van der Waals surface area (Å²) in [5, 5.41) is 10.3. The number of imidazole rings is 1. The van der Waals surface area contributed by atoms with Gasteiger partial charge in [-0.1, -0.05) is 24.3 Å². The highest BCUT2D eigenvalue weighted by Crippen LogP contribution is 2.47. The van der Waals surface area contributed by atoms with Gasteiger partial charge in [-0.25, -0.2) is 18.3 Å². The van der Waals surface area contributed by atoms with E-state index >= 15 is 8.78 Å². The van der Waals surface area contributed by atoms with Crippen LogP contribution in [-0.2, 0) is 27.3 Å². The molecular formula is C50H59F2N13O4. The van der Waals surface area contributed by atoms with Crippen molar-refractivity contribution < 1.29 is 28.0 Å². The number of nitrogens with zero attached hydrogens (tertiary/aromatic N) is 10. The van der Waals surface area contributed by atoms with E-state index in [1.807, 2.05) is 70.3 Å². The maximum atomic E-state index is 16.2. The number of rotatable bonds is 12. The fraction of sp³-hybridized carbons (Fsp3) is 0.460. The molecule has 10 rings (SSSR count). The normalized spacial score (nSPS) is 21.6. The number of nitrogens with two attached hydrogens (primary N) is 1. The Morgan fingerprint density at radius 1 is 0.928 bits per heavy atom. The number of hydrogen-bond donors (Lipinski definition) is 3. The zero-order chi connectivity index (χ0) is 48.2. The molecule has 17 nitrogen and oxygen atoms in total. The van der Waals surface area contributed by atoms with Gasteiger partial charge in [0.1, 0.15) is 11.7 Å². The minimum absolute atomic E-state index is 0.0697. The summed E-state index contributed by atoms with van der Waals surface area (Å²) in [6, 6.07) is 16.5. The highest BCUT2D eigenvalue weighted by molar-refractivity contribution is 6.03. The molecule has 3 aromatic heterocycles. The number of amides is 4. The number of primary amides is 1. The van der Waals surface area contributed by atoms with Crippen LogP contribution in [0.25, 0.3) is 16.9 Å². The molecule has 0 aliphatic carbocycles. The Morgan fingerprint density at radius 2 is 1.68 bits per heavy atom. The van der Waals surface area contributed by atoms with Crippen molar-refractivity contribution >= 4 is 64.0 Å². The van der Waals surface area contributed by atoms with Crippen LogP contribution in [0.4, 0.5) is 43.0 Å². The monoisotopic (exact) mass is 943 g/mol. The molecule has 2 atom stereocenters. The second-order valence-electron chi connectivity index (χ2n) is 19.4. The number of nitrogens with one attached hydrogen (secondary N) is 2. The summed E-state index contributed by atoms with van der Waals surface area (Å²) in [5.74, 6) is -3.46. The summed E-state index contributed by atoms with van der Waals surface area (Å²) in [6.07, 6.45) is 9.37. The third kappa shape index (κ3) is 8.59. The summed E-state index contributed by atoms with van der Waals surface area (Å²) < 4.78 is 33.8. The van der Waals surface area contributed by atoms with Crippen molar-refractivity contribution in [3.63, 3.8) is 0 Å². The third-order valence-corrected chi connectivity index (χ3v) is 15.5. The Kier molecular flexibility index (Phi) is 12.2. The second-order valence-corrected chi connectivity index (χ2v) is 19.4. The highest BCUT2D eigenvalue weighted by Gasteiger charge is 2.50. The summed E-state index contributed by atoms with van der Waals surface area (Å²) >= 11 is 0. The Hall–Kier alpha value is -6.73. The first-order valence-corrected chi connectivity index (χ1v) is 23.9. The number of hydrogen-bond acceptors (Lipinski definition) is 13. The molecule has 0 radical (unpaired) electrons. The van der Waals surface area contributed by atoms with Gasteiger partial charge < -0.3 is 30.7 Å². The Morgan fingerprint density at radius 3 is 2.38 bits per heavy atom. The van der Waals surface area contributed by atoms with E-state index in [-0.39, 0.29) is 35.9 Å². The highest BCUT2D eigenvalue weighted by atomic mass is 19.3. The van der Waals surface area contributed by atoms with Crippen molar-refractivity contribution in [1.29, 1.82) is 0 Å². The molecule has 4 fully saturated rings. The van der Waals surface area contributed by atoms with Crippen molar-refractivity contribution in [2.75, 3.05) is 91.9 Å². The minimum Gasteiger partial charge on any atom is -0.385 e. The van der Waals surface area contributed by atoms with E-state index in [0.717, 1.165) is 91.1 Å². The number of likely N-dealkylation sites (N-methyl/N-ethyl adjacent to an activating group) is 1. The van der Waals surface area contributed by atoms with Gasteiger partial charge in [0.2, 0.25) is 18.2 Å². The number of halogens is 2. The van der Waals surface area contributed by atoms with E-state index in [1.165, 1.54) is 10.7 Å². The number of carbonyl (C=O) groups is 4. The van der Waals surface area contributed by atoms with E-state index in [2.05, 4.69) is 31.5 Å². The molecule has 8 heterocycles. The molecule has 19 heteroatoms. The molecule has 2 aromatic carbocycles. The third-order valence-electron chi connectivity index (χ3n) is 15.5. The lowest BCUT2D eigenvalue weighted by Gasteiger charge is -2.51. The quantitative estimate of drug-likeness (QED) is 0.112. The van der Waals surface area contributed by atoms with Crippen LogP contribution in [0.15, 0.2) is 67.0 Å². The zero-order valence-corrected chi connectivity index (χ0v) is 39.3. The topological polar surface area (TPSA) is 181 Å². The number of fused-ring (bicyclic) bond motifs is 2. The molecule has 2 unspecified atom stereocenters. The van der Waals surface area contributed by atoms with Crippen molar-refractivity contribution in [2.24, 2.45) is 11.1 Å². The molecule has 5 aliphatic heterocycles. The molecule has 5 aliphatic rings. The number of para-hydroxylation sites is 1. The Balaban J connectivity index is 0.745. The van der Waals surface area contributed by atoms with Gasteiger partial charge >= 0.3 is 0 Å². The van der Waals surface area contributed by atoms with E-state index < -0.39 is 23.9 Å². The number of likely N-dealkylation sites (tertiary alicyclic amines) is 2. The number of aromatic nitrogens is 4. The molecule has 4 saturated heterocycles. The minimum atomic E-state index is -2.87. The van der Waals surface area contributed by atoms with Gasteiger partial charge in [0.05, 0.1) is 47.2 Å². The lowest BCUT2D eigenvalue weighted by atomic mass is 9.70. The Bertz CT molecular complexity index is 2780. The maximum Gasteiger partial charge on any atom is 0.275 e. The van der Waals surface area contributed by atoms with Gasteiger partial charge in [-0.05, 0) is 98.8 Å². The van der Waals surface area contributed by atoms with Gasteiger partial charge in [-0.15, -0.1) is 5.10 Å². The number of carbonyl (C=O) groups excluding carboxylic acids is 4. The largest absolute Gasteiger partial charge is 0.385 e. The van der Waals surface area contributed by atoms with Crippen molar-refractivity contribution in [2.45, 2.75) is 75.9 Å². The summed E-state index contributed by atoms with van der Waals surface area (Å²) in [6.45, 7) is 4.14. The van der Waals surface area contributed by atoms with Gasteiger partial charge in [0.25, 0.3) is 11.8 Å². The first-order valence-electron chi connectivity index (χ1n) is 23.9. The number of pyridine rings is 1. The smallest absolute Gasteiger partial charge is 0.275 e. The van der Waals surface area contributed by atoms with E-state index in [4.69, 9.17) is 15.8 Å². The average molecular weight is 944 g/mol. The van der Waals surface area contributed by atoms with Crippen LogP contribution >= 0.6 is 0 Å². The van der Waals surface area contributed by atoms with Crippen LogP contribution in [0.5, 0.6) is 0 Å². The average Bonchev–Trinajstić information content (AvgIpc) is 3.99. The lowest BCUT2D eigenvalue weighted by Crippen LogP contribution is -2.60. The molecule has 1 spiro atoms. The zero-order valence-electron chi connectivity index (χ0n) is 39.3. The van der Waals surface area contributed by atoms with Crippen molar-refractivity contribution in [1.82, 2.24) is 34.7 Å². The number of piperidine rings is 4. The standard InChI is InChI=1S/C50H59F2N13O4/c1-54-36-26-43(58-65-41(46(53)68)28-56-47(36)65)64-21-14-34-33(6-4-7-37(34)64)35-11-10-32(27-55-35)29-61-20-15-42(50(51,52)30-61)63-24-18-49(19-25-63)16-22-62(23-17-49)39-9-5-8-38(45(39)59(2)31-66)60(3)40-12-13-44(67)57-48(40)69/h4-11,26-28,31,40,42,54H,12-25,29-30H2,1-3H3,(H2,53,68)(H,57,67,69). The summed E-state index contributed by atoms with van der Waals surface area (Å²) in [5.41, 5.74) is 14.3. The maximum absolute atomic E-state index is 16.2. The van der Waals surface area contributed by atoms with E-state index in [0.29, 0.717) is 68.4 Å². The predicted molar refractivity (Wildman–Crippen MR) is 260 cm³/mol. The predicted octanol–water partition coefficient (Wildman–Crippen LogP) is 5.05. The van der Waals surface area contributed by atoms with Crippen molar-refractivity contribution in [3.8, 4) is 11.3 Å². The van der Waals surface area contributed by atoms with Crippen LogP contribution in [0.1, 0.15) is 66.6 Å². The molecular weight excluding hydrogens is 885 g/mol. The molecule has 362 valence electrons. The van der Waals surface area contributed by atoms with E-state index in [9.17, 15) is 19.2 Å². The summed E-state index contributed by atoms with van der Waals surface area (Å²) in [7, 11) is 5.33. The molecule has 5 aromatic rings. The second kappa shape index (κ2) is 18.3.